The van der Waals surface area contributed by atoms with Gasteiger partial charge in [0.05, 0.1) is 10.7 Å². The molecule has 0 saturated carbocycles. The zero-order valence-electron chi connectivity index (χ0n) is 11.7. The molecule has 0 fully saturated rings. The van der Waals surface area contributed by atoms with Gasteiger partial charge in [-0.15, -0.1) is 0 Å². The van der Waals surface area contributed by atoms with Crippen molar-refractivity contribution >= 4 is 40.7 Å². The maximum absolute atomic E-state index is 12.0. The minimum atomic E-state index is -0.301. The molecule has 0 bridgehead atoms. The summed E-state index contributed by atoms with van der Waals surface area (Å²) in [6, 6.07) is 4.83. The minimum Gasteiger partial charge on any atom is -0.331 e. The third-order valence-electron chi connectivity index (χ3n) is 3.04. The molecule has 2 amide bonds. The van der Waals surface area contributed by atoms with Crippen LogP contribution in [-0.2, 0) is 9.59 Å². The lowest BCUT2D eigenvalue weighted by molar-refractivity contribution is -0.134. The van der Waals surface area contributed by atoms with Crippen LogP contribution in [0.15, 0.2) is 18.2 Å². The molecule has 1 aromatic carbocycles. The third-order valence-corrected chi connectivity index (χ3v) is 3.61. The number of nitrogens with one attached hydrogen (secondary N) is 1. The molecular formula is C14H18Cl2N2O2. The summed E-state index contributed by atoms with van der Waals surface area (Å²) >= 11 is 11.8. The van der Waals surface area contributed by atoms with Crippen LogP contribution >= 0.6 is 23.2 Å². The molecule has 0 spiro atoms. The van der Waals surface area contributed by atoms with Crippen LogP contribution < -0.4 is 5.32 Å². The van der Waals surface area contributed by atoms with E-state index in [4.69, 9.17) is 23.2 Å². The monoisotopic (exact) mass is 316 g/mol. The number of carbonyl (C=O) groups excluding carboxylic acids is 2. The highest BCUT2D eigenvalue weighted by Gasteiger charge is 2.19. The lowest BCUT2D eigenvalue weighted by Crippen LogP contribution is -2.42. The summed E-state index contributed by atoms with van der Waals surface area (Å²) in [6.45, 7) is 5.31. The van der Waals surface area contributed by atoms with Gasteiger partial charge in [0.1, 0.15) is 6.54 Å². The number of amides is 2. The number of carbonyl (C=O) groups is 2. The molecule has 0 aliphatic rings. The average molecular weight is 317 g/mol. The number of nitrogens with zero attached hydrogens (tertiary/aromatic N) is 1. The molecule has 20 heavy (non-hydrogen) atoms. The van der Waals surface area contributed by atoms with E-state index in [2.05, 4.69) is 5.32 Å². The first kappa shape index (κ1) is 16.8. The molecule has 110 valence electrons. The Morgan fingerprint density at radius 1 is 1.35 bits per heavy atom. The highest BCUT2D eigenvalue weighted by molar-refractivity contribution is 6.35. The van der Waals surface area contributed by atoms with Gasteiger partial charge >= 0.3 is 0 Å². The van der Waals surface area contributed by atoms with Gasteiger partial charge in [0.25, 0.3) is 0 Å². The maximum Gasteiger partial charge on any atom is 0.244 e. The van der Waals surface area contributed by atoms with Crippen molar-refractivity contribution in [2.75, 3.05) is 11.9 Å². The molecule has 0 saturated heterocycles. The fourth-order valence-electron chi connectivity index (χ4n) is 1.74. The fourth-order valence-corrected chi connectivity index (χ4v) is 2.07. The van der Waals surface area contributed by atoms with Crippen molar-refractivity contribution in [1.29, 1.82) is 0 Å². The van der Waals surface area contributed by atoms with Crippen LogP contribution in [0.4, 0.5) is 5.69 Å². The number of hydrogen-bond acceptors (Lipinski definition) is 2. The molecule has 4 nitrogen and oxygen atoms in total. The second-order valence-electron chi connectivity index (χ2n) is 4.58. The Labute approximate surface area is 129 Å². The van der Waals surface area contributed by atoms with Gasteiger partial charge in [-0.25, -0.2) is 0 Å². The van der Waals surface area contributed by atoms with Gasteiger partial charge in [-0.2, -0.15) is 0 Å². The molecule has 0 aliphatic heterocycles. The standard InChI is InChI=1S/C14H18Cl2N2O2/c1-4-9(2)18(10(3)19)8-14(20)17-13-7-11(15)5-6-12(13)16/h5-7,9H,4,8H2,1-3H3,(H,17,20). The smallest absolute Gasteiger partial charge is 0.244 e. The first-order chi connectivity index (χ1) is 9.35. The Balaban J connectivity index is 2.75. The second-order valence-corrected chi connectivity index (χ2v) is 5.42. The lowest BCUT2D eigenvalue weighted by atomic mass is 10.2. The van der Waals surface area contributed by atoms with Crippen LogP contribution in [-0.4, -0.2) is 29.3 Å². The molecule has 1 rings (SSSR count). The van der Waals surface area contributed by atoms with E-state index in [0.29, 0.717) is 15.7 Å². The van der Waals surface area contributed by atoms with Crippen LogP contribution in [0.25, 0.3) is 0 Å². The van der Waals surface area contributed by atoms with E-state index in [9.17, 15) is 9.59 Å². The summed E-state index contributed by atoms with van der Waals surface area (Å²) in [4.78, 5) is 25.1. The van der Waals surface area contributed by atoms with Crippen LogP contribution in [0, 0.1) is 0 Å². The van der Waals surface area contributed by atoms with Gasteiger partial charge in [-0.3, -0.25) is 9.59 Å². The van der Waals surface area contributed by atoms with Crippen molar-refractivity contribution in [2.24, 2.45) is 0 Å². The zero-order chi connectivity index (χ0) is 15.3. The van der Waals surface area contributed by atoms with Gasteiger partial charge in [0.15, 0.2) is 0 Å². The molecule has 1 atom stereocenters. The van der Waals surface area contributed by atoms with Crippen LogP contribution in [0.3, 0.4) is 0 Å². The van der Waals surface area contributed by atoms with E-state index < -0.39 is 0 Å². The summed E-state index contributed by atoms with van der Waals surface area (Å²) in [5.74, 6) is -0.434. The van der Waals surface area contributed by atoms with E-state index in [1.807, 2.05) is 13.8 Å². The largest absolute Gasteiger partial charge is 0.331 e. The van der Waals surface area contributed by atoms with Gasteiger partial charge in [0.2, 0.25) is 11.8 Å². The minimum absolute atomic E-state index is 0.00676. The van der Waals surface area contributed by atoms with E-state index in [-0.39, 0.29) is 24.4 Å². The van der Waals surface area contributed by atoms with E-state index >= 15 is 0 Å². The maximum atomic E-state index is 12.0. The van der Waals surface area contributed by atoms with Gasteiger partial charge in [0, 0.05) is 18.0 Å². The summed E-state index contributed by atoms with van der Waals surface area (Å²) < 4.78 is 0. The number of benzene rings is 1. The Morgan fingerprint density at radius 3 is 2.55 bits per heavy atom. The molecule has 1 unspecified atom stereocenters. The van der Waals surface area contributed by atoms with Crippen LogP contribution in [0.1, 0.15) is 27.2 Å². The number of hydrogen-bond donors (Lipinski definition) is 1. The summed E-state index contributed by atoms with van der Waals surface area (Å²) in [6.07, 6.45) is 0.783. The van der Waals surface area contributed by atoms with Gasteiger partial charge in [-0.1, -0.05) is 30.1 Å². The van der Waals surface area contributed by atoms with E-state index in [1.165, 1.54) is 11.8 Å². The van der Waals surface area contributed by atoms with E-state index in [1.54, 1.807) is 18.2 Å². The first-order valence-corrected chi connectivity index (χ1v) is 7.12. The van der Waals surface area contributed by atoms with Crippen molar-refractivity contribution in [3.63, 3.8) is 0 Å². The Hall–Kier alpha value is -1.26. The van der Waals surface area contributed by atoms with Crippen LogP contribution in [0.5, 0.6) is 0 Å². The predicted molar refractivity (Wildman–Crippen MR) is 82.2 cm³/mol. The molecule has 6 heteroatoms. The summed E-state index contributed by atoms with van der Waals surface area (Å²) in [5, 5.41) is 3.55. The Bertz CT molecular complexity index is 506. The van der Waals surface area contributed by atoms with Crippen molar-refractivity contribution < 1.29 is 9.59 Å². The van der Waals surface area contributed by atoms with Crippen molar-refractivity contribution in [1.82, 2.24) is 4.90 Å². The molecule has 0 aliphatic carbocycles. The van der Waals surface area contributed by atoms with Gasteiger partial charge < -0.3 is 10.2 Å². The molecule has 0 radical (unpaired) electrons. The Kier molecular flexibility index (Phi) is 6.30. The molecule has 0 aromatic heterocycles. The number of halogens is 2. The highest BCUT2D eigenvalue weighted by atomic mass is 35.5. The first-order valence-electron chi connectivity index (χ1n) is 6.37. The average Bonchev–Trinajstić information content (AvgIpc) is 2.39. The second kappa shape index (κ2) is 7.50. The number of rotatable bonds is 5. The zero-order valence-corrected chi connectivity index (χ0v) is 13.3. The van der Waals surface area contributed by atoms with Crippen molar-refractivity contribution in [3.05, 3.63) is 28.2 Å². The molecule has 1 N–H and O–H groups in total. The summed E-state index contributed by atoms with van der Waals surface area (Å²) in [7, 11) is 0. The predicted octanol–water partition coefficient (Wildman–Crippen LogP) is 3.58. The normalized spacial score (nSPS) is 11.8. The van der Waals surface area contributed by atoms with Crippen molar-refractivity contribution in [3.8, 4) is 0 Å². The highest BCUT2D eigenvalue weighted by Crippen LogP contribution is 2.25. The quantitative estimate of drug-likeness (QED) is 0.902. The third kappa shape index (κ3) is 4.69. The van der Waals surface area contributed by atoms with Gasteiger partial charge in [-0.05, 0) is 31.5 Å². The van der Waals surface area contributed by atoms with Crippen molar-refractivity contribution in [2.45, 2.75) is 33.2 Å². The fraction of sp³-hybridized carbons (Fsp3) is 0.429. The topological polar surface area (TPSA) is 49.4 Å². The molecule has 1 aromatic rings. The van der Waals surface area contributed by atoms with Crippen LogP contribution in [0.2, 0.25) is 10.0 Å². The number of anilines is 1. The SMILES string of the molecule is CCC(C)N(CC(=O)Nc1cc(Cl)ccc1Cl)C(C)=O. The molecule has 0 heterocycles. The Morgan fingerprint density at radius 2 is 2.00 bits per heavy atom. The van der Waals surface area contributed by atoms with E-state index in [0.717, 1.165) is 6.42 Å². The molecular weight excluding hydrogens is 299 g/mol. The summed E-state index contributed by atoms with van der Waals surface area (Å²) in [5.41, 5.74) is 0.442. The lowest BCUT2D eigenvalue weighted by Gasteiger charge is -2.26.